The Balaban J connectivity index is 0.00000392. The number of nitrogens with zero attached hydrogens (tertiary/aromatic N) is 5. The largest absolute Gasteiger partial charge is 0.401 e. The average molecular weight is 516 g/mol. The van der Waals surface area contributed by atoms with E-state index in [0.29, 0.717) is 32.1 Å². The van der Waals surface area contributed by atoms with Crippen LogP contribution in [0.4, 0.5) is 13.2 Å². The first kappa shape index (κ1) is 25.0. The molecular weight excluding hydrogens is 484 g/mol. The predicted octanol–water partition coefficient (Wildman–Crippen LogP) is 3.05. The first-order valence-electron chi connectivity index (χ1n) is 9.32. The van der Waals surface area contributed by atoms with Gasteiger partial charge in [-0.3, -0.25) is 14.6 Å². The summed E-state index contributed by atoms with van der Waals surface area (Å²) in [6, 6.07) is 0. The Morgan fingerprint density at radius 2 is 2.11 bits per heavy atom. The zero-order valence-electron chi connectivity index (χ0n) is 17.3. The fourth-order valence-corrected chi connectivity index (χ4v) is 3.59. The van der Waals surface area contributed by atoms with Crippen LogP contribution in [0.3, 0.4) is 0 Å². The van der Waals surface area contributed by atoms with E-state index in [1.54, 1.807) is 7.05 Å². The Hall–Kier alpha value is -1.04. The summed E-state index contributed by atoms with van der Waals surface area (Å²) in [7, 11) is 5.59. The maximum atomic E-state index is 12.5. The highest BCUT2D eigenvalue weighted by molar-refractivity contribution is 14.0. The third kappa shape index (κ3) is 7.41. The molecule has 1 aliphatic heterocycles. The molecule has 1 N–H and O–H groups in total. The molecule has 0 amide bonds. The number of aromatic nitrogens is 2. The topological polar surface area (TPSA) is 48.7 Å². The Labute approximate surface area is 182 Å². The molecule has 6 nitrogen and oxygen atoms in total. The third-order valence-electron chi connectivity index (χ3n) is 4.79. The molecule has 1 aliphatic rings. The molecule has 2 heterocycles. The second kappa shape index (κ2) is 10.7. The number of nitrogens with one attached hydrogen (secondary N) is 1. The summed E-state index contributed by atoms with van der Waals surface area (Å²) in [5, 5.41) is 7.84. The number of aryl methyl sites for hydroxylation is 1. The molecule has 0 spiro atoms. The van der Waals surface area contributed by atoms with Gasteiger partial charge < -0.3 is 10.2 Å². The molecule has 0 radical (unpaired) electrons. The maximum Gasteiger partial charge on any atom is 0.401 e. The van der Waals surface area contributed by atoms with E-state index in [-0.39, 0.29) is 29.9 Å². The number of likely N-dealkylation sites (tertiary alicyclic amines) is 1. The monoisotopic (exact) mass is 516 g/mol. The van der Waals surface area contributed by atoms with Crippen molar-refractivity contribution >= 4 is 29.9 Å². The minimum absolute atomic E-state index is 0. The molecule has 1 aromatic rings. The summed E-state index contributed by atoms with van der Waals surface area (Å²) >= 11 is 0. The summed E-state index contributed by atoms with van der Waals surface area (Å²) in [6.45, 7) is 5.66. The first-order valence-corrected chi connectivity index (χ1v) is 9.32. The summed E-state index contributed by atoms with van der Waals surface area (Å²) in [5.41, 5.74) is 2.22. The number of alkyl halides is 3. The number of rotatable bonds is 6. The van der Waals surface area contributed by atoms with Crippen molar-refractivity contribution in [1.29, 1.82) is 0 Å². The van der Waals surface area contributed by atoms with E-state index in [0.717, 1.165) is 23.6 Å². The molecule has 28 heavy (non-hydrogen) atoms. The van der Waals surface area contributed by atoms with Gasteiger partial charge in [-0.1, -0.05) is 13.8 Å². The van der Waals surface area contributed by atoms with Gasteiger partial charge in [-0.15, -0.1) is 24.0 Å². The van der Waals surface area contributed by atoms with Crippen molar-refractivity contribution in [3.63, 3.8) is 0 Å². The highest BCUT2D eigenvalue weighted by Crippen LogP contribution is 2.22. The lowest BCUT2D eigenvalue weighted by molar-refractivity contribution is -0.143. The van der Waals surface area contributed by atoms with Crippen LogP contribution < -0.4 is 5.32 Å². The lowest BCUT2D eigenvalue weighted by Crippen LogP contribution is -2.41. The van der Waals surface area contributed by atoms with Gasteiger partial charge in [0.15, 0.2) is 5.96 Å². The van der Waals surface area contributed by atoms with E-state index in [1.165, 1.54) is 4.90 Å². The van der Waals surface area contributed by atoms with Crippen LogP contribution in [0.5, 0.6) is 0 Å². The van der Waals surface area contributed by atoms with Gasteiger partial charge in [-0.2, -0.15) is 18.3 Å². The van der Waals surface area contributed by atoms with Gasteiger partial charge >= 0.3 is 6.18 Å². The van der Waals surface area contributed by atoms with E-state index in [1.807, 2.05) is 29.9 Å². The van der Waals surface area contributed by atoms with Crippen molar-refractivity contribution in [2.75, 3.05) is 40.3 Å². The average Bonchev–Trinajstić information content (AvgIpc) is 3.12. The van der Waals surface area contributed by atoms with Crippen molar-refractivity contribution in [2.24, 2.45) is 18.0 Å². The Kier molecular flexibility index (Phi) is 9.51. The zero-order valence-corrected chi connectivity index (χ0v) is 19.6. The van der Waals surface area contributed by atoms with Crippen LogP contribution in [-0.4, -0.2) is 72.0 Å². The highest BCUT2D eigenvalue weighted by atomic mass is 127. The summed E-state index contributed by atoms with van der Waals surface area (Å²) in [6.07, 6.45) is -1.34. The molecular formula is C18H32F3IN6. The summed E-state index contributed by atoms with van der Waals surface area (Å²) in [4.78, 5) is 7.81. The molecule has 1 atom stereocenters. The first-order chi connectivity index (χ1) is 12.6. The van der Waals surface area contributed by atoms with Crippen LogP contribution in [0.15, 0.2) is 11.2 Å². The van der Waals surface area contributed by atoms with Crippen LogP contribution in [0.25, 0.3) is 0 Å². The lowest BCUT2D eigenvalue weighted by atomic mass is 10.1. The van der Waals surface area contributed by atoms with E-state index in [4.69, 9.17) is 0 Å². The molecule has 1 unspecified atom stereocenters. The van der Waals surface area contributed by atoms with Gasteiger partial charge in [0.2, 0.25) is 0 Å². The van der Waals surface area contributed by atoms with Crippen LogP contribution in [-0.2, 0) is 13.6 Å². The van der Waals surface area contributed by atoms with Gasteiger partial charge in [0, 0.05) is 52.5 Å². The standard InChI is InChI=1S/C18H31F3N6.HI/c1-13(2)16-15(11-26(5)24-16)10-25(4)17(22-3)23-8-14-6-7-27(9-14)12-18(19,20)21;/h11,13-14H,6-10,12H2,1-5H3,(H,22,23);1H. The normalized spacial score (nSPS) is 18.5. The second-order valence-electron chi connectivity index (χ2n) is 7.66. The number of halogens is 4. The summed E-state index contributed by atoms with van der Waals surface area (Å²) in [5.74, 6) is 1.27. The van der Waals surface area contributed by atoms with E-state index in [9.17, 15) is 13.2 Å². The van der Waals surface area contributed by atoms with Gasteiger partial charge in [0.05, 0.1) is 12.2 Å². The minimum atomic E-state index is -4.13. The predicted molar refractivity (Wildman–Crippen MR) is 116 cm³/mol. The van der Waals surface area contributed by atoms with Crippen molar-refractivity contribution in [3.8, 4) is 0 Å². The molecule has 2 rings (SSSR count). The summed E-state index contributed by atoms with van der Waals surface area (Å²) < 4.78 is 39.4. The van der Waals surface area contributed by atoms with Gasteiger partial charge in [0.1, 0.15) is 0 Å². The third-order valence-corrected chi connectivity index (χ3v) is 4.79. The highest BCUT2D eigenvalue weighted by Gasteiger charge is 2.34. The van der Waals surface area contributed by atoms with Crippen molar-refractivity contribution < 1.29 is 13.2 Å². The quantitative estimate of drug-likeness (QED) is 0.359. The molecule has 1 fully saturated rings. The Bertz CT molecular complexity index is 644. The molecule has 162 valence electrons. The molecule has 0 aromatic carbocycles. The molecule has 0 bridgehead atoms. The van der Waals surface area contributed by atoms with Crippen LogP contribution in [0.1, 0.15) is 37.4 Å². The van der Waals surface area contributed by atoms with Crippen molar-refractivity contribution in [3.05, 3.63) is 17.5 Å². The molecule has 1 saturated heterocycles. The zero-order chi connectivity index (χ0) is 20.2. The fraction of sp³-hybridized carbons (Fsp3) is 0.778. The number of hydrogen-bond acceptors (Lipinski definition) is 3. The second-order valence-corrected chi connectivity index (χ2v) is 7.66. The van der Waals surface area contributed by atoms with Crippen LogP contribution in [0, 0.1) is 5.92 Å². The van der Waals surface area contributed by atoms with Gasteiger partial charge in [-0.25, -0.2) is 0 Å². The number of guanidine groups is 1. The molecule has 0 aliphatic carbocycles. The SMILES string of the molecule is CN=C(NCC1CCN(CC(F)(F)F)C1)N(C)Cc1cn(C)nc1C(C)C.I. The minimum Gasteiger partial charge on any atom is -0.356 e. The molecule has 1 aromatic heterocycles. The Morgan fingerprint density at radius 3 is 2.68 bits per heavy atom. The molecule has 0 saturated carbocycles. The smallest absolute Gasteiger partial charge is 0.356 e. The molecule has 10 heteroatoms. The lowest BCUT2D eigenvalue weighted by Gasteiger charge is -2.24. The van der Waals surface area contributed by atoms with Crippen molar-refractivity contribution in [1.82, 2.24) is 24.9 Å². The maximum absolute atomic E-state index is 12.5. The van der Waals surface area contributed by atoms with E-state index in [2.05, 4.69) is 29.3 Å². The van der Waals surface area contributed by atoms with Gasteiger partial charge in [0.25, 0.3) is 0 Å². The van der Waals surface area contributed by atoms with E-state index >= 15 is 0 Å². The Morgan fingerprint density at radius 1 is 1.43 bits per heavy atom. The number of hydrogen-bond donors (Lipinski definition) is 1. The fourth-order valence-electron chi connectivity index (χ4n) is 3.59. The van der Waals surface area contributed by atoms with E-state index < -0.39 is 12.7 Å². The van der Waals surface area contributed by atoms with Crippen LogP contribution in [0.2, 0.25) is 0 Å². The van der Waals surface area contributed by atoms with Crippen LogP contribution >= 0.6 is 24.0 Å². The van der Waals surface area contributed by atoms with Gasteiger partial charge in [-0.05, 0) is 24.8 Å². The number of aliphatic imine (C=N–C) groups is 1. The van der Waals surface area contributed by atoms with Crippen molar-refractivity contribution in [2.45, 2.75) is 38.9 Å².